The molecule has 1 aliphatic heterocycles. The minimum absolute atomic E-state index is 0.189. The van der Waals surface area contributed by atoms with Gasteiger partial charge in [0.25, 0.3) is 0 Å². The highest BCUT2D eigenvalue weighted by Crippen LogP contribution is 2.39. The third kappa shape index (κ3) is 3.37. The molecule has 0 aliphatic carbocycles. The van der Waals surface area contributed by atoms with E-state index in [-0.39, 0.29) is 11.5 Å². The first-order valence-corrected chi connectivity index (χ1v) is 8.78. The van der Waals surface area contributed by atoms with Crippen LogP contribution in [0, 0.1) is 6.92 Å². The molecule has 1 heterocycles. The number of rotatable bonds is 4. The highest BCUT2D eigenvalue weighted by molar-refractivity contribution is 9.10. The lowest BCUT2D eigenvalue weighted by Gasteiger charge is -2.15. The SMILES string of the molecule is COC(=O)C(C)Oc1ccc2c(c1C)O/C(=C\c1ccccc1Br)C2=O. The number of hydrogen-bond donors (Lipinski definition) is 0. The smallest absolute Gasteiger partial charge is 0.346 e. The lowest BCUT2D eigenvalue weighted by atomic mass is 10.1. The quantitative estimate of drug-likeness (QED) is 0.548. The van der Waals surface area contributed by atoms with Gasteiger partial charge in [0.1, 0.15) is 11.5 Å². The Bertz CT molecular complexity index is 916. The Kier molecular flexibility index (Phi) is 5.13. The summed E-state index contributed by atoms with van der Waals surface area (Å²) in [6.45, 7) is 3.38. The maximum atomic E-state index is 12.6. The molecule has 1 atom stereocenters. The molecule has 1 unspecified atom stereocenters. The van der Waals surface area contributed by atoms with Crippen molar-refractivity contribution >= 4 is 33.8 Å². The molecule has 26 heavy (non-hydrogen) atoms. The lowest BCUT2D eigenvalue weighted by molar-refractivity contribution is -0.147. The number of halogens is 1. The average molecular weight is 417 g/mol. The summed E-state index contributed by atoms with van der Waals surface area (Å²) in [5.74, 6) is 0.496. The highest BCUT2D eigenvalue weighted by Gasteiger charge is 2.31. The van der Waals surface area contributed by atoms with Gasteiger partial charge in [-0.1, -0.05) is 34.1 Å². The fraction of sp³-hybridized carbons (Fsp3) is 0.200. The summed E-state index contributed by atoms with van der Waals surface area (Å²) in [4.78, 5) is 24.2. The van der Waals surface area contributed by atoms with Crippen LogP contribution in [-0.2, 0) is 9.53 Å². The number of benzene rings is 2. The van der Waals surface area contributed by atoms with Gasteiger partial charge in [0, 0.05) is 10.0 Å². The van der Waals surface area contributed by atoms with E-state index in [4.69, 9.17) is 9.47 Å². The Hall–Kier alpha value is -2.60. The van der Waals surface area contributed by atoms with Crippen molar-refractivity contribution < 1.29 is 23.8 Å². The topological polar surface area (TPSA) is 61.8 Å². The Morgan fingerprint density at radius 2 is 1.96 bits per heavy atom. The van der Waals surface area contributed by atoms with Crippen molar-refractivity contribution in [3.8, 4) is 11.5 Å². The van der Waals surface area contributed by atoms with Gasteiger partial charge in [0.15, 0.2) is 11.9 Å². The van der Waals surface area contributed by atoms with Gasteiger partial charge < -0.3 is 14.2 Å². The zero-order valence-electron chi connectivity index (χ0n) is 14.5. The van der Waals surface area contributed by atoms with Crippen molar-refractivity contribution in [1.82, 2.24) is 0 Å². The normalized spacial score (nSPS) is 15.4. The monoisotopic (exact) mass is 416 g/mol. The maximum Gasteiger partial charge on any atom is 0.346 e. The Balaban J connectivity index is 1.92. The van der Waals surface area contributed by atoms with Gasteiger partial charge in [0.2, 0.25) is 5.78 Å². The summed E-state index contributed by atoms with van der Waals surface area (Å²) in [6, 6.07) is 10.9. The molecule has 5 nitrogen and oxygen atoms in total. The molecule has 2 aromatic rings. The van der Waals surface area contributed by atoms with E-state index in [0.29, 0.717) is 22.6 Å². The van der Waals surface area contributed by atoms with Crippen LogP contribution in [0.15, 0.2) is 46.6 Å². The number of hydrogen-bond acceptors (Lipinski definition) is 5. The van der Waals surface area contributed by atoms with Crippen molar-refractivity contribution in [2.75, 3.05) is 7.11 Å². The summed E-state index contributed by atoms with van der Waals surface area (Å²) in [6.07, 6.45) is 0.938. The molecule has 0 amide bonds. The summed E-state index contributed by atoms with van der Waals surface area (Å²) < 4.78 is 17.0. The molecule has 0 spiro atoms. The minimum atomic E-state index is -0.760. The van der Waals surface area contributed by atoms with Crippen molar-refractivity contribution in [1.29, 1.82) is 0 Å². The highest BCUT2D eigenvalue weighted by atomic mass is 79.9. The van der Waals surface area contributed by atoms with Gasteiger partial charge in [-0.25, -0.2) is 4.79 Å². The third-order valence-electron chi connectivity index (χ3n) is 4.07. The van der Waals surface area contributed by atoms with Crippen LogP contribution in [0.5, 0.6) is 11.5 Å². The fourth-order valence-electron chi connectivity index (χ4n) is 2.63. The van der Waals surface area contributed by atoms with Crippen LogP contribution in [-0.4, -0.2) is 25.0 Å². The van der Waals surface area contributed by atoms with Gasteiger partial charge in [-0.3, -0.25) is 4.79 Å². The predicted octanol–water partition coefficient (Wildman–Crippen LogP) is 4.31. The standard InChI is InChI=1S/C20H17BrO5/c1-11-16(25-12(2)20(23)24-3)9-8-14-18(22)17(26-19(11)14)10-13-6-4-5-7-15(13)21/h4-10,12H,1-3H3/b17-10-. The molecule has 6 heteroatoms. The molecule has 0 saturated heterocycles. The van der Waals surface area contributed by atoms with Crippen LogP contribution >= 0.6 is 15.9 Å². The van der Waals surface area contributed by atoms with Gasteiger partial charge in [-0.2, -0.15) is 0 Å². The molecule has 134 valence electrons. The number of esters is 1. The van der Waals surface area contributed by atoms with E-state index in [2.05, 4.69) is 20.7 Å². The first-order chi connectivity index (χ1) is 12.4. The molecule has 0 aromatic heterocycles. The first kappa shape index (κ1) is 18.2. The molecular formula is C20H17BrO5. The zero-order valence-corrected chi connectivity index (χ0v) is 16.1. The van der Waals surface area contributed by atoms with Crippen LogP contribution in [0.2, 0.25) is 0 Å². The molecule has 2 aromatic carbocycles. The third-order valence-corrected chi connectivity index (χ3v) is 4.79. The maximum absolute atomic E-state index is 12.6. The van der Waals surface area contributed by atoms with Gasteiger partial charge in [0.05, 0.1) is 12.7 Å². The van der Waals surface area contributed by atoms with E-state index in [9.17, 15) is 9.59 Å². The minimum Gasteiger partial charge on any atom is -0.479 e. The second-order valence-electron chi connectivity index (χ2n) is 5.81. The number of carbonyl (C=O) groups is 2. The second kappa shape index (κ2) is 7.33. The van der Waals surface area contributed by atoms with E-state index in [1.165, 1.54) is 7.11 Å². The Labute approximate surface area is 159 Å². The number of Topliss-reactive ketones (excluding diaryl/α,β-unsaturated/α-hetero) is 1. The van der Waals surface area contributed by atoms with Crippen LogP contribution < -0.4 is 9.47 Å². The van der Waals surface area contributed by atoms with Crippen molar-refractivity contribution in [3.63, 3.8) is 0 Å². The number of ether oxygens (including phenoxy) is 3. The summed E-state index contributed by atoms with van der Waals surface area (Å²) in [5, 5.41) is 0. The van der Waals surface area contributed by atoms with Crippen LogP contribution in [0.3, 0.4) is 0 Å². The fourth-order valence-corrected chi connectivity index (χ4v) is 3.03. The molecule has 1 aliphatic rings. The zero-order chi connectivity index (χ0) is 18.8. The van der Waals surface area contributed by atoms with E-state index >= 15 is 0 Å². The molecule has 0 N–H and O–H groups in total. The molecule has 0 saturated carbocycles. The van der Waals surface area contributed by atoms with E-state index < -0.39 is 12.1 Å². The lowest BCUT2D eigenvalue weighted by Crippen LogP contribution is -2.25. The van der Waals surface area contributed by atoms with Crippen LogP contribution in [0.25, 0.3) is 6.08 Å². The predicted molar refractivity (Wildman–Crippen MR) is 100 cm³/mol. The number of carbonyl (C=O) groups excluding carboxylic acids is 2. The van der Waals surface area contributed by atoms with Gasteiger partial charge in [-0.05, 0) is 43.7 Å². The summed E-state index contributed by atoms with van der Waals surface area (Å²) in [7, 11) is 1.30. The Morgan fingerprint density at radius 1 is 1.23 bits per heavy atom. The van der Waals surface area contributed by atoms with Gasteiger partial charge >= 0.3 is 5.97 Å². The summed E-state index contributed by atoms with van der Waals surface area (Å²) in [5.41, 5.74) is 1.97. The molecule has 0 bridgehead atoms. The van der Waals surface area contributed by atoms with E-state index in [1.807, 2.05) is 24.3 Å². The van der Waals surface area contributed by atoms with Crippen molar-refractivity contribution in [2.45, 2.75) is 20.0 Å². The van der Waals surface area contributed by atoms with Crippen molar-refractivity contribution in [3.05, 3.63) is 63.3 Å². The number of ketones is 1. The van der Waals surface area contributed by atoms with E-state index in [1.54, 1.807) is 32.1 Å². The van der Waals surface area contributed by atoms with Crippen LogP contribution in [0.4, 0.5) is 0 Å². The van der Waals surface area contributed by atoms with E-state index in [0.717, 1.165) is 10.0 Å². The first-order valence-electron chi connectivity index (χ1n) is 7.99. The molecule has 0 fully saturated rings. The van der Waals surface area contributed by atoms with Gasteiger partial charge in [-0.15, -0.1) is 0 Å². The number of allylic oxidation sites excluding steroid dienone is 1. The number of fused-ring (bicyclic) bond motifs is 1. The molecular weight excluding hydrogens is 400 g/mol. The molecule has 0 radical (unpaired) electrons. The number of methoxy groups -OCH3 is 1. The van der Waals surface area contributed by atoms with Crippen molar-refractivity contribution in [2.24, 2.45) is 0 Å². The average Bonchev–Trinajstić information content (AvgIpc) is 2.95. The molecule has 3 rings (SSSR count). The Morgan fingerprint density at radius 3 is 2.65 bits per heavy atom. The second-order valence-corrected chi connectivity index (χ2v) is 6.66. The van der Waals surface area contributed by atoms with Crippen LogP contribution in [0.1, 0.15) is 28.4 Å². The largest absolute Gasteiger partial charge is 0.479 e. The summed E-state index contributed by atoms with van der Waals surface area (Å²) >= 11 is 3.46.